The lowest BCUT2D eigenvalue weighted by molar-refractivity contribution is -0.120. The second-order valence-corrected chi connectivity index (χ2v) is 5.45. The van der Waals surface area contributed by atoms with Crippen LogP contribution < -0.4 is 5.32 Å². The molecule has 1 aliphatic carbocycles. The van der Waals surface area contributed by atoms with E-state index in [1.165, 1.54) is 0 Å². The van der Waals surface area contributed by atoms with Crippen LogP contribution >= 0.6 is 0 Å². The van der Waals surface area contributed by atoms with Crippen molar-refractivity contribution in [1.82, 2.24) is 5.32 Å². The quantitative estimate of drug-likeness (QED) is 0.770. The highest BCUT2D eigenvalue weighted by Crippen LogP contribution is 2.26. The molecule has 3 atom stereocenters. The van der Waals surface area contributed by atoms with Gasteiger partial charge in [-0.1, -0.05) is 30.3 Å². The summed E-state index contributed by atoms with van der Waals surface area (Å²) in [6.45, 7) is 4.12. The Morgan fingerprint density at radius 2 is 2.00 bits per heavy atom. The van der Waals surface area contributed by atoms with Crippen molar-refractivity contribution in [2.45, 2.75) is 32.4 Å². The lowest BCUT2D eigenvalue weighted by atomic mass is 10.0. The fourth-order valence-corrected chi connectivity index (χ4v) is 2.51. The van der Waals surface area contributed by atoms with E-state index in [1.54, 1.807) is 6.92 Å². The van der Waals surface area contributed by atoms with E-state index in [-0.39, 0.29) is 23.5 Å². The Morgan fingerprint density at radius 3 is 2.55 bits per heavy atom. The third-order valence-electron chi connectivity index (χ3n) is 3.86. The average molecular weight is 275 g/mol. The van der Waals surface area contributed by atoms with Crippen LogP contribution in [0.4, 0.5) is 0 Å². The Bertz CT molecular complexity index is 510. The van der Waals surface area contributed by atoms with E-state index in [0.717, 1.165) is 11.1 Å². The van der Waals surface area contributed by atoms with Gasteiger partial charge in [0.25, 0.3) is 0 Å². The van der Waals surface area contributed by atoms with Crippen molar-refractivity contribution >= 4 is 5.78 Å². The van der Waals surface area contributed by atoms with Crippen LogP contribution in [-0.2, 0) is 4.79 Å². The summed E-state index contributed by atoms with van der Waals surface area (Å²) in [6, 6.07) is 9.27. The first-order chi connectivity index (χ1) is 9.50. The van der Waals surface area contributed by atoms with Crippen molar-refractivity contribution in [3.63, 3.8) is 0 Å². The fourth-order valence-electron chi connectivity index (χ4n) is 2.51. The standard InChI is InChI=1S/C16H21NO3/c1-10-8-13(16(20)14(10)18)9-17-11(2)15(19)12-6-4-3-5-7-12/h3-7,11,13,15,17-19H,8-9H2,1-2H3. The van der Waals surface area contributed by atoms with Gasteiger partial charge >= 0.3 is 0 Å². The molecular formula is C16H21NO3. The van der Waals surface area contributed by atoms with Crippen molar-refractivity contribution in [3.8, 4) is 0 Å². The van der Waals surface area contributed by atoms with Crippen molar-refractivity contribution in [1.29, 1.82) is 0 Å². The van der Waals surface area contributed by atoms with Crippen LogP contribution in [0, 0.1) is 5.92 Å². The minimum Gasteiger partial charge on any atom is -0.504 e. The number of Topliss-reactive ketones (excluding diaryl/α,β-unsaturated/α-hetero) is 1. The van der Waals surface area contributed by atoms with Gasteiger partial charge in [0.1, 0.15) is 0 Å². The van der Waals surface area contributed by atoms with Crippen LogP contribution in [0.25, 0.3) is 0 Å². The van der Waals surface area contributed by atoms with Crippen LogP contribution in [0.3, 0.4) is 0 Å². The smallest absolute Gasteiger partial charge is 0.201 e. The SMILES string of the molecule is CC1=C(O)C(=O)C(CNC(C)C(O)c2ccccc2)C1. The summed E-state index contributed by atoms with van der Waals surface area (Å²) in [4.78, 5) is 11.8. The van der Waals surface area contributed by atoms with E-state index in [9.17, 15) is 15.0 Å². The van der Waals surface area contributed by atoms with Crippen molar-refractivity contribution in [3.05, 3.63) is 47.2 Å². The average Bonchev–Trinajstić information content (AvgIpc) is 2.72. The highest BCUT2D eigenvalue weighted by Gasteiger charge is 2.31. The predicted octanol–water partition coefficient (Wildman–Crippen LogP) is 2.12. The van der Waals surface area contributed by atoms with Gasteiger partial charge in [0.2, 0.25) is 5.78 Å². The summed E-state index contributed by atoms with van der Waals surface area (Å²) in [6.07, 6.45) is -0.0263. The molecule has 2 rings (SSSR count). The molecule has 0 radical (unpaired) electrons. The molecule has 0 bridgehead atoms. The van der Waals surface area contributed by atoms with Gasteiger partial charge in [-0.2, -0.15) is 0 Å². The van der Waals surface area contributed by atoms with E-state index < -0.39 is 6.10 Å². The largest absolute Gasteiger partial charge is 0.504 e. The molecule has 108 valence electrons. The first-order valence-corrected chi connectivity index (χ1v) is 6.90. The predicted molar refractivity (Wildman–Crippen MR) is 77.3 cm³/mol. The Labute approximate surface area is 119 Å². The highest BCUT2D eigenvalue weighted by molar-refractivity contribution is 5.98. The molecule has 4 heteroatoms. The van der Waals surface area contributed by atoms with E-state index in [0.29, 0.717) is 13.0 Å². The number of aliphatic hydroxyl groups excluding tert-OH is 2. The first kappa shape index (κ1) is 14.8. The molecule has 3 unspecified atom stereocenters. The van der Waals surface area contributed by atoms with Crippen LogP contribution in [0.1, 0.15) is 31.9 Å². The Kier molecular flexibility index (Phi) is 4.57. The molecule has 3 N–H and O–H groups in total. The van der Waals surface area contributed by atoms with Gasteiger partial charge in [-0.25, -0.2) is 0 Å². The fraction of sp³-hybridized carbons (Fsp3) is 0.438. The summed E-state index contributed by atoms with van der Waals surface area (Å²) in [5.74, 6) is -0.509. The normalized spacial score (nSPS) is 22.1. The number of allylic oxidation sites excluding steroid dienone is 2. The Balaban J connectivity index is 1.88. The number of rotatable bonds is 5. The van der Waals surface area contributed by atoms with E-state index in [4.69, 9.17) is 0 Å². The van der Waals surface area contributed by atoms with E-state index in [2.05, 4.69) is 5.32 Å². The molecule has 0 aliphatic heterocycles. The molecule has 1 aromatic carbocycles. The molecule has 0 spiro atoms. The molecule has 20 heavy (non-hydrogen) atoms. The summed E-state index contributed by atoms with van der Waals surface area (Å²) < 4.78 is 0. The zero-order valence-corrected chi connectivity index (χ0v) is 11.8. The number of nitrogens with one attached hydrogen (secondary N) is 1. The maximum absolute atomic E-state index is 11.8. The van der Waals surface area contributed by atoms with Crippen molar-refractivity contribution in [2.24, 2.45) is 5.92 Å². The molecule has 0 fully saturated rings. The van der Waals surface area contributed by atoms with Crippen LogP contribution in [-0.4, -0.2) is 28.6 Å². The second kappa shape index (κ2) is 6.20. The summed E-state index contributed by atoms with van der Waals surface area (Å²) in [5, 5.41) is 23.0. The molecule has 0 saturated carbocycles. The van der Waals surface area contributed by atoms with Crippen molar-refractivity contribution in [2.75, 3.05) is 6.54 Å². The number of benzene rings is 1. The number of carbonyl (C=O) groups is 1. The van der Waals surface area contributed by atoms with Gasteiger partial charge in [0, 0.05) is 18.5 Å². The van der Waals surface area contributed by atoms with Gasteiger partial charge in [-0.05, 0) is 31.4 Å². The zero-order chi connectivity index (χ0) is 14.7. The van der Waals surface area contributed by atoms with Gasteiger partial charge < -0.3 is 15.5 Å². The number of hydrogen-bond donors (Lipinski definition) is 3. The van der Waals surface area contributed by atoms with Gasteiger partial charge in [0.05, 0.1) is 6.10 Å². The second-order valence-electron chi connectivity index (χ2n) is 5.45. The van der Waals surface area contributed by atoms with Gasteiger partial charge in [-0.3, -0.25) is 4.79 Å². The van der Waals surface area contributed by atoms with Crippen LogP contribution in [0.15, 0.2) is 41.7 Å². The lowest BCUT2D eigenvalue weighted by Gasteiger charge is -2.22. The summed E-state index contributed by atoms with van der Waals surface area (Å²) in [7, 11) is 0. The molecule has 0 heterocycles. The third-order valence-corrected chi connectivity index (χ3v) is 3.86. The number of hydrogen-bond acceptors (Lipinski definition) is 4. The third kappa shape index (κ3) is 3.08. The van der Waals surface area contributed by atoms with Gasteiger partial charge in [0.15, 0.2) is 5.76 Å². The maximum Gasteiger partial charge on any atom is 0.201 e. The minimum absolute atomic E-state index is 0.0898. The topological polar surface area (TPSA) is 69.6 Å². The van der Waals surface area contributed by atoms with Gasteiger partial charge in [-0.15, -0.1) is 0 Å². The molecule has 0 aromatic heterocycles. The number of ketones is 1. The maximum atomic E-state index is 11.8. The zero-order valence-electron chi connectivity index (χ0n) is 11.8. The van der Waals surface area contributed by atoms with Crippen LogP contribution in [0.5, 0.6) is 0 Å². The monoisotopic (exact) mass is 275 g/mol. The Hall–Kier alpha value is -1.65. The molecule has 1 aliphatic rings. The van der Waals surface area contributed by atoms with E-state index in [1.807, 2.05) is 37.3 Å². The molecule has 0 saturated heterocycles. The molecule has 0 amide bonds. The molecule has 1 aromatic rings. The lowest BCUT2D eigenvalue weighted by Crippen LogP contribution is -2.37. The Morgan fingerprint density at radius 1 is 1.35 bits per heavy atom. The highest BCUT2D eigenvalue weighted by atomic mass is 16.3. The number of aliphatic hydroxyl groups is 2. The van der Waals surface area contributed by atoms with Crippen molar-refractivity contribution < 1.29 is 15.0 Å². The summed E-state index contributed by atoms with van der Waals surface area (Å²) in [5.41, 5.74) is 1.60. The summed E-state index contributed by atoms with van der Waals surface area (Å²) >= 11 is 0. The van der Waals surface area contributed by atoms with E-state index >= 15 is 0 Å². The van der Waals surface area contributed by atoms with Crippen LogP contribution in [0.2, 0.25) is 0 Å². The first-order valence-electron chi connectivity index (χ1n) is 6.90. The molecular weight excluding hydrogens is 254 g/mol. The number of carbonyl (C=O) groups excluding carboxylic acids is 1. The minimum atomic E-state index is -0.615. The molecule has 4 nitrogen and oxygen atoms in total.